The monoisotopic (exact) mass is 464 g/mol. The third-order valence-corrected chi connectivity index (χ3v) is 5.30. The summed E-state index contributed by atoms with van der Waals surface area (Å²) < 4.78 is 81.7. The molecule has 1 aromatic heterocycles. The largest absolute Gasteiger partial charge is 0.416 e. The van der Waals surface area contributed by atoms with Gasteiger partial charge < -0.3 is 10.3 Å². The van der Waals surface area contributed by atoms with Crippen LogP contribution in [0.1, 0.15) is 22.3 Å². The molecule has 0 aliphatic heterocycles. The summed E-state index contributed by atoms with van der Waals surface area (Å²) in [6, 6.07) is 13.6. The molecule has 0 spiro atoms. The number of hydrogen-bond acceptors (Lipinski definition) is 1. The Kier molecular flexibility index (Phi) is 5.35. The topological polar surface area (TPSA) is 81.3 Å². The number of nitrogens with two attached hydrogens (primary N) is 2. The molecule has 33 heavy (non-hydrogen) atoms. The molecule has 0 unspecified atom stereocenters. The van der Waals surface area contributed by atoms with E-state index in [9.17, 15) is 26.3 Å². The van der Waals surface area contributed by atoms with Crippen LogP contribution in [0.5, 0.6) is 0 Å². The van der Waals surface area contributed by atoms with E-state index in [1.54, 1.807) is 47.0 Å². The second kappa shape index (κ2) is 7.91. The third kappa shape index (κ3) is 4.13. The summed E-state index contributed by atoms with van der Waals surface area (Å²) in [4.78, 5) is 0. The highest BCUT2D eigenvalue weighted by Gasteiger charge is 2.38. The zero-order valence-electron chi connectivity index (χ0n) is 16.7. The Balaban J connectivity index is 1.92. The van der Waals surface area contributed by atoms with Gasteiger partial charge in [0.25, 0.3) is 5.84 Å². The Bertz CT molecular complexity index is 1400. The highest BCUT2D eigenvalue weighted by molar-refractivity contribution is 6.11. The molecule has 4 N–H and O–H groups in total. The van der Waals surface area contributed by atoms with Crippen molar-refractivity contribution in [2.45, 2.75) is 18.9 Å². The van der Waals surface area contributed by atoms with Gasteiger partial charge >= 0.3 is 12.4 Å². The minimum absolute atomic E-state index is 0.0540. The summed E-state index contributed by atoms with van der Waals surface area (Å²) in [6.07, 6.45) is -9.85. The van der Waals surface area contributed by atoms with E-state index in [0.717, 1.165) is 11.5 Å². The van der Waals surface area contributed by atoms with Gasteiger partial charge in [0.2, 0.25) is 0 Å². The number of nitrogens with zero attached hydrogens (tertiary/aromatic N) is 3. The molecule has 5 nitrogen and oxygen atoms in total. The second-order valence-electron chi connectivity index (χ2n) is 7.30. The predicted octanol–water partition coefficient (Wildman–Crippen LogP) is 4.71. The first-order chi connectivity index (χ1) is 15.5. The lowest BCUT2D eigenvalue weighted by Gasteiger charge is -2.17. The van der Waals surface area contributed by atoms with E-state index in [2.05, 4.69) is 10.3 Å². The smallest absolute Gasteiger partial charge is 0.360 e. The van der Waals surface area contributed by atoms with Crippen LogP contribution < -0.4 is 11.3 Å². The van der Waals surface area contributed by atoms with Crippen molar-refractivity contribution in [1.82, 2.24) is 4.57 Å². The lowest BCUT2D eigenvalue weighted by atomic mass is 10.0. The first kappa shape index (κ1) is 22.3. The Hall–Kier alpha value is -3.89. The van der Waals surface area contributed by atoms with Crippen molar-refractivity contribution >= 4 is 27.6 Å². The Morgan fingerprint density at radius 1 is 0.848 bits per heavy atom. The summed E-state index contributed by atoms with van der Waals surface area (Å²) in [7, 11) is 0. The van der Waals surface area contributed by atoms with Crippen molar-refractivity contribution in [1.29, 1.82) is 0 Å². The van der Waals surface area contributed by atoms with Gasteiger partial charge in [-0.05, 0) is 42.0 Å². The fraction of sp³-hybridized carbons (Fsp3) is 0.136. The summed E-state index contributed by atoms with van der Waals surface area (Å²) in [5.74, 6) is 0.0540. The zero-order valence-corrected chi connectivity index (χ0v) is 16.7. The fourth-order valence-corrected chi connectivity index (χ4v) is 3.83. The van der Waals surface area contributed by atoms with Crippen molar-refractivity contribution in [2.24, 2.45) is 16.1 Å². The van der Waals surface area contributed by atoms with E-state index in [1.807, 2.05) is 0 Å². The maximum absolute atomic E-state index is 13.7. The molecule has 170 valence electrons. The number of rotatable bonds is 4. The maximum atomic E-state index is 13.7. The van der Waals surface area contributed by atoms with E-state index in [4.69, 9.17) is 11.3 Å². The molecule has 4 rings (SSSR count). The van der Waals surface area contributed by atoms with Gasteiger partial charge in [-0.3, -0.25) is 0 Å². The van der Waals surface area contributed by atoms with Gasteiger partial charge in [-0.1, -0.05) is 24.3 Å². The van der Waals surface area contributed by atoms with Crippen LogP contribution in [0.2, 0.25) is 0 Å². The van der Waals surface area contributed by atoms with Crippen molar-refractivity contribution in [3.63, 3.8) is 0 Å². The van der Waals surface area contributed by atoms with Crippen LogP contribution in [0.15, 0.2) is 71.0 Å². The van der Waals surface area contributed by atoms with Gasteiger partial charge in [0.05, 0.1) is 16.2 Å². The molecular formula is C22H16F6N5+. The van der Waals surface area contributed by atoms with Crippen LogP contribution >= 0.6 is 0 Å². The summed E-state index contributed by atoms with van der Waals surface area (Å²) in [5.41, 5.74) is 9.59. The maximum Gasteiger partial charge on any atom is 0.416 e. The number of benzene rings is 3. The van der Waals surface area contributed by atoms with E-state index in [-0.39, 0.29) is 24.0 Å². The molecule has 0 aliphatic rings. The normalized spacial score (nSPS) is 13.1. The van der Waals surface area contributed by atoms with Gasteiger partial charge in [0.1, 0.15) is 5.22 Å². The van der Waals surface area contributed by atoms with E-state index < -0.39 is 23.5 Å². The van der Waals surface area contributed by atoms with E-state index in [1.165, 1.54) is 0 Å². The van der Waals surface area contributed by atoms with Crippen LogP contribution in [-0.4, -0.2) is 10.4 Å². The number of para-hydroxylation sites is 1. The van der Waals surface area contributed by atoms with Crippen LogP contribution in [-0.2, 0) is 18.9 Å². The van der Waals surface area contributed by atoms with Crippen molar-refractivity contribution in [3.8, 4) is 0 Å². The van der Waals surface area contributed by atoms with E-state index >= 15 is 0 Å². The van der Waals surface area contributed by atoms with Gasteiger partial charge in [-0.2, -0.15) is 31.9 Å². The van der Waals surface area contributed by atoms with Crippen molar-refractivity contribution < 1.29 is 31.9 Å². The number of fused-ring (bicyclic) bond motifs is 3. The molecule has 0 aliphatic carbocycles. The Morgan fingerprint density at radius 2 is 1.55 bits per heavy atom. The number of aromatic nitrogens is 1. The molecule has 0 saturated carbocycles. The lowest BCUT2D eigenvalue weighted by Crippen LogP contribution is -2.23. The predicted molar refractivity (Wildman–Crippen MR) is 110 cm³/mol. The lowest BCUT2D eigenvalue weighted by molar-refractivity contribution is -0.221. The molecule has 1 heterocycles. The molecular weight excluding hydrogens is 448 g/mol. The fourth-order valence-electron chi connectivity index (χ4n) is 3.83. The van der Waals surface area contributed by atoms with E-state index in [0.29, 0.717) is 28.0 Å². The molecule has 0 bridgehead atoms. The summed E-state index contributed by atoms with van der Waals surface area (Å²) >= 11 is 0. The Labute approximate surface area is 182 Å². The second-order valence-corrected chi connectivity index (χ2v) is 7.30. The third-order valence-electron chi connectivity index (χ3n) is 5.30. The van der Waals surface area contributed by atoms with Gasteiger partial charge in [-0.15, -0.1) is 0 Å². The van der Waals surface area contributed by atoms with Crippen LogP contribution in [0, 0.1) is 0 Å². The first-order valence-electron chi connectivity index (χ1n) is 9.52. The SMILES string of the molecule is N/C(=N\N=[NH2+])c1ccc2c(c1)c1ccccc1n2Cc1ccc(C(F)(F)F)cc1C(F)(F)F. The van der Waals surface area contributed by atoms with Crippen molar-refractivity contribution in [3.05, 3.63) is 82.9 Å². The van der Waals surface area contributed by atoms with Gasteiger partial charge in [0.15, 0.2) is 0 Å². The molecule has 0 amide bonds. The summed E-state index contributed by atoms with van der Waals surface area (Å²) in [6.45, 7) is -0.294. The molecule has 11 heteroatoms. The number of alkyl halides is 6. The van der Waals surface area contributed by atoms with Crippen molar-refractivity contribution in [2.75, 3.05) is 0 Å². The number of halogens is 6. The zero-order chi connectivity index (χ0) is 24.0. The summed E-state index contributed by atoms with van der Waals surface area (Å²) in [5, 5.41) is 8.15. The first-order valence-corrected chi connectivity index (χ1v) is 9.52. The van der Waals surface area contributed by atoms with Crippen LogP contribution in [0.4, 0.5) is 26.3 Å². The minimum Gasteiger partial charge on any atom is -0.360 e. The van der Waals surface area contributed by atoms with Crippen LogP contribution in [0.25, 0.3) is 21.8 Å². The average molecular weight is 464 g/mol. The standard InChI is InChI=1S/C22H15F6N5/c23-21(24,25)14-7-5-13(17(10-14)22(26,27)28)11-33-18-4-2-1-3-15(18)16-9-12(6-8-19(16)33)20(29)31-32-30/h1-10H,11H2,(H3,29,30,31)/p+1. The average Bonchev–Trinajstić information content (AvgIpc) is 3.06. The molecule has 3 aromatic carbocycles. The van der Waals surface area contributed by atoms with Crippen LogP contribution in [0.3, 0.4) is 0 Å². The molecule has 0 atom stereocenters. The van der Waals surface area contributed by atoms with Gasteiger partial charge in [0, 0.05) is 33.9 Å². The minimum atomic E-state index is -4.96. The Morgan fingerprint density at radius 3 is 2.21 bits per heavy atom. The molecule has 4 aromatic rings. The molecule has 0 radical (unpaired) electrons. The highest BCUT2D eigenvalue weighted by Crippen LogP contribution is 2.39. The molecule has 0 fully saturated rings. The number of hydrogen-bond donors (Lipinski definition) is 2. The molecule has 0 saturated heterocycles. The highest BCUT2D eigenvalue weighted by atomic mass is 19.4. The quantitative estimate of drug-likeness (QED) is 0.148. The van der Waals surface area contributed by atoms with Gasteiger partial charge in [-0.25, -0.2) is 0 Å². The number of amidine groups is 1.